The number of nitrogens with two attached hydrogens (primary N) is 1. The summed E-state index contributed by atoms with van der Waals surface area (Å²) < 4.78 is 49.2. The lowest BCUT2D eigenvalue weighted by atomic mass is 9.89. The Kier molecular flexibility index (Phi) is 5.59. The number of anilines is 1. The number of carbonyl (C=O) groups is 1. The van der Waals surface area contributed by atoms with E-state index in [1.165, 1.54) is 24.4 Å². The number of nitrogens with zero attached hydrogens (tertiary/aromatic N) is 4. The molecule has 2 aliphatic heterocycles. The SMILES string of the molecule is CC1(C)C(N)=N[C@](C)(c2nc(NC(=O)c3ccc(OCF)cn3)ccc2F)[C@@H]2CCN=[S@]21=O. The first-order chi connectivity index (χ1) is 15.5. The molecule has 0 radical (unpaired) electrons. The second-order valence-electron chi connectivity index (χ2n) is 8.47. The second kappa shape index (κ2) is 8.01. The minimum absolute atomic E-state index is 0.0272. The molecule has 0 bridgehead atoms. The van der Waals surface area contributed by atoms with Gasteiger partial charge in [-0.25, -0.2) is 27.3 Å². The standard InChI is InChI=1S/C21H24F2N6O3S/c1-20(2)19(24)29-21(3,15-8-9-26-33(15,20)31)17-13(23)5-7-16(27-17)28-18(30)14-6-4-12(10-25-14)32-11-22/h4-7,10,15H,8-9,11H2,1-3H3,(H2,24,29)(H,27,28,30)/t15-,21-,33-/m0/s1. The van der Waals surface area contributed by atoms with Gasteiger partial charge >= 0.3 is 0 Å². The first-order valence-corrected chi connectivity index (χ1v) is 11.8. The first kappa shape index (κ1) is 23.0. The zero-order valence-electron chi connectivity index (χ0n) is 18.3. The van der Waals surface area contributed by atoms with E-state index < -0.39 is 43.8 Å². The van der Waals surface area contributed by atoms with Crippen LogP contribution in [0.1, 0.15) is 43.4 Å². The van der Waals surface area contributed by atoms with Crippen molar-refractivity contribution in [3.05, 3.63) is 47.7 Å². The number of aliphatic imine (C=N–C) groups is 1. The van der Waals surface area contributed by atoms with E-state index in [2.05, 4.69) is 29.4 Å². The van der Waals surface area contributed by atoms with Crippen LogP contribution in [0.5, 0.6) is 5.75 Å². The Bertz CT molecular complexity index is 1260. The lowest BCUT2D eigenvalue weighted by Crippen LogP contribution is -2.58. The van der Waals surface area contributed by atoms with Crippen molar-refractivity contribution in [1.82, 2.24) is 9.97 Å². The fourth-order valence-corrected chi connectivity index (χ4v) is 7.33. The maximum Gasteiger partial charge on any atom is 0.275 e. The zero-order chi connectivity index (χ0) is 24.0. The van der Waals surface area contributed by atoms with E-state index in [0.717, 1.165) is 6.07 Å². The highest BCUT2D eigenvalue weighted by Gasteiger charge is 2.57. The van der Waals surface area contributed by atoms with Crippen molar-refractivity contribution in [2.75, 3.05) is 18.7 Å². The number of fused-ring (bicyclic) bond motifs is 1. The fourth-order valence-electron chi connectivity index (χ4n) is 4.19. The number of aromatic nitrogens is 2. The molecule has 0 fully saturated rings. The Hall–Kier alpha value is -3.15. The number of alkyl halides is 1. The molecule has 0 aromatic carbocycles. The van der Waals surface area contributed by atoms with Gasteiger partial charge in [0.25, 0.3) is 5.91 Å². The van der Waals surface area contributed by atoms with Gasteiger partial charge in [0.15, 0.2) is 0 Å². The van der Waals surface area contributed by atoms with Crippen LogP contribution < -0.4 is 15.8 Å². The van der Waals surface area contributed by atoms with Crippen LogP contribution in [-0.2, 0) is 15.3 Å². The molecule has 2 aromatic rings. The molecule has 2 aromatic heterocycles. The van der Waals surface area contributed by atoms with Gasteiger partial charge in [0.05, 0.1) is 21.2 Å². The molecule has 4 heterocycles. The van der Waals surface area contributed by atoms with Gasteiger partial charge in [-0.2, -0.15) is 0 Å². The van der Waals surface area contributed by atoms with Crippen molar-refractivity contribution in [1.29, 1.82) is 0 Å². The average molecular weight is 479 g/mol. The van der Waals surface area contributed by atoms with E-state index in [0.29, 0.717) is 13.0 Å². The Labute approximate surface area is 190 Å². The quantitative estimate of drug-likeness (QED) is 0.679. The number of hydrogen-bond donors (Lipinski definition) is 2. The summed E-state index contributed by atoms with van der Waals surface area (Å²) in [6.07, 6.45) is 1.66. The summed E-state index contributed by atoms with van der Waals surface area (Å²) >= 11 is 0. The number of amidine groups is 1. The predicted octanol–water partition coefficient (Wildman–Crippen LogP) is 2.78. The van der Waals surface area contributed by atoms with Gasteiger partial charge in [-0.3, -0.25) is 9.79 Å². The average Bonchev–Trinajstić information content (AvgIpc) is 3.19. The molecule has 4 rings (SSSR count). The lowest BCUT2D eigenvalue weighted by Gasteiger charge is -2.44. The number of ether oxygens (including phenoxy) is 1. The van der Waals surface area contributed by atoms with Crippen molar-refractivity contribution in [2.24, 2.45) is 15.1 Å². The third-order valence-corrected chi connectivity index (χ3v) is 9.85. The van der Waals surface area contributed by atoms with Crippen LogP contribution in [0, 0.1) is 5.82 Å². The molecule has 3 N–H and O–H groups in total. The molecule has 0 aliphatic carbocycles. The Morgan fingerprint density at radius 3 is 2.73 bits per heavy atom. The largest absolute Gasteiger partial charge is 0.461 e. The van der Waals surface area contributed by atoms with E-state index in [-0.39, 0.29) is 28.8 Å². The smallest absolute Gasteiger partial charge is 0.275 e. The maximum absolute atomic E-state index is 15.0. The van der Waals surface area contributed by atoms with Crippen molar-refractivity contribution in [2.45, 2.75) is 42.7 Å². The summed E-state index contributed by atoms with van der Waals surface area (Å²) in [6, 6.07) is 5.22. The number of carbonyl (C=O) groups excluding carboxylic acids is 1. The van der Waals surface area contributed by atoms with Gasteiger partial charge in [-0.1, -0.05) is 0 Å². The summed E-state index contributed by atoms with van der Waals surface area (Å²) in [5.74, 6) is -0.919. The highest BCUT2D eigenvalue weighted by molar-refractivity contribution is 7.96. The van der Waals surface area contributed by atoms with Crippen molar-refractivity contribution >= 4 is 27.3 Å². The molecule has 12 heteroatoms. The van der Waals surface area contributed by atoms with E-state index >= 15 is 4.39 Å². The Morgan fingerprint density at radius 1 is 1.30 bits per heavy atom. The van der Waals surface area contributed by atoms with Gasteiger partial charge in [-0.15, -0.1) is 0 Å². The van der Waals surface area contributed by atoms with E-state index in [1.807, 2.05) is 0 Å². The lowest BCUT2D eigenvalue weighted by molar-refractivity contribution is 0.102. The third-order valence-electron chi connectivity index (χ3n) is 6.14. The number of amides is 1. The Balaban J connectivity index is 1.69. The van der Waals surface area contributed by atoms with Gasteiger partial charge in [-0.05, 0) is 51.5 Å². The van der Waals surface area contributed by atoms with Crippen LogP contribution in [0.15, 0.2) is 39.8 Å². The molecule has 3 atom stereocenters. The molecule has 1 amide bonds. The number of rotatable bonds is 5. The summed E-state index contributed by atoms with van der Waals surface area (Å²) in [5.41, 5.74) is 4.82. The highest BCUT2D eigenvalue weighted by Crippen LogP contribution is 2.47. The molecule has 0 saturated carbocycles. The minimum Gasteiger partial charge on any atom is -0.461 e. The first-order valence-electron chi connectivity index (χ1n) is 10.2. The zero-order valence-corrected chi connectivity index (χ0v) is 19.2. The molecular weight excluding hydrogens is 454 g/mol. The maximum atomic E-state index is 15.0. The summed E-state index contributed by atoms with van der Waals surface area (Å²) in [4.78, 5) is 25.4. The molecule has 0 saturated heterocycles. The molecule has 9 nitrogen and oxygen atoms in total. The predicted molar refractivity (Wildman–Crippen MR) is 120 cm³/mol. The molecular formula is C21H24F2N6O3S. The minimum atomic E-state index is -2.86. The van der Waals surface area contributed by atoms with E-state index in [4.69, 9.17) is 5.73 Å². The normalized spacial score (nSPS) is 27.8. The highest BCUT2D eigenvalue weighted by atomic mass is 32.2. The van der Waals surface area contributed by atoms with E-state index in [1.54, 1.807) is 20.8 Å². The topological polar surface area (TPSA) is 132 Å². The van der Waals surface area contributed by atoms with E-state index in [9.17, 15) is 13.4 Å². The van der Waals surface area contributed by atoms with Crippen molar-refractivity contribution in [3.8, 4) is 5.75 Å². The summed E-state index contributed by atoms with van der Waals surface area (Å²) in [6.45, 7) is 4.44. The van der Waals surface area contributed by atoms with Crippen LogP contribution in [0.3, 0.4) is 0 Å². The molecule has 2 aliphatic rings. The molecule has 0 spiro atoms. The number of hydrogen-bond acceptors (Lipinski definition) is 8. The van der Waals surface area contributed by atoms with Gasteiger partial charge < -0.3 is 15.8 Å². The van der Waals surface area contributed by atoms with Crippen LogP contribution in [0.2, 0.25) is 0 Å². The van der Waals surface area contributed by atoms with Crippen LogP contribution in [-0.4, -0.2) is 49.3 Å². The van der Waals surface area contributed by atoms with Crippen molar-refractivity contribution < 1.29 is 22.5 Å². The summed E-state index contributed by atoms with van der Waals surface area (Å²) in [5, 5.41) is 1.97. The number of halogens is 2. The van der Waals surface area contributed by atoms with Crippen molar-refractivity contribution in [3.63, 3.8) is 0 Å². The van der Waals surface area contributed by atoms with Gasteiger partial charge in [0.1, 0.15) is 44.9 Å². The van der Waals surface area contributed by atoms with Crippen LogP contribution >= 0.6 is 0 Å². The van der Waals surface area contributed by atoms with Crippen LogP contribution in [0.4, 0.5) is 14.6 Å². The third kappa shape index (κ3) is 3.62. The summed E-state index contributed by atoms with van der Waals surface area (Å²) in [7, 11) is -2.86. The number of nitrogens with one attached hydrogen (secondary N) is 1. The fraction of sp³-hybridized carbons (Fsp3) is 0.429. The number of pyridine rings is 2. The Morgan fingerprint density at radius 2 is 2.06 bits per heavy atom. The van der Waals surface area contributed by atoms with Gasteiger partial charge in [0.2, 0.25) is 6.86 Å². The van der Waals surface area contributed by atoms with Crippen LogP contribution in [0.25, 0.3) is 0 Å². The van der Waals surface area contributed by atoms with Gasteiger partial charge in [0, 0.05) is 6.54 Å². The molecule has 0 unspecified atom stereocenters. The monoisotopic (exact) mass is 478 g/mol. The molecule has 33 heavy (non-hydrogen) atoms. The second-order valence-corrected chi connectivity index (χ2v) is 11.5. The molecule has 176 valence electrons.